The number of nitrogens with one attached hydrogen (secondary N) is 2. The summed E-state index contributed by atoms with van der Waals surface area (Å²) in [5, 5.41) is 15.3. The van der Waals surface area contributed by atoms with Crippen LogP contribution < -0.4 is 20.1 Å². The molecule has 1 unspecified atom stereocenters. The summed E-state index contributed by atoms with van der Waals surface area (Å²) in [4.78, 5) is 12.6. The van der Waals surface area contributed by atoms with Crippen molar-refractivity contribution in [2.24, 2.45) is 0 Å². The van der Waals surface area contributed by atoms with E-state index in [9.17, 15) is 10.1 Å². The largest absolute Gasteiger partial charge is 0.454 e. The highest BCUT2D eigenvalue weighted by atomic mass is 16.7. The zero-order valence-corrected chi connectivity index (χ0v) is 16.3. The third-order valence-corrected chi connectivity index (χ3v) is 5.34. The van der Waals surface area contributed by atoms with E-state index in [-0.39, 0.29) is 18.4 Å². The number of carbonyl (C=O) groups excluding carboxylic acids is 1. The molecular weight excluding hydrogens is 366 g/mol. The van der Waals surface area contributed by atoms with Crippen LogP contribution in [-0.2, 0) is 17.6 Å². The quantitative estimate of drug-likeness (QED) is 0.597. The highest BCUT2D eigenvalue weighted by Crippen LogP contribution is 2.34. The van der Waals surface area contributed by atoms with E-state index in [4.69, 9.17) is 9.47 Å². The van der Waals surface area contributed by atoms with Crippen LogP contribution in [0.1, 0.15) is 42.5 Å². The van der Waals surface area contributed by atoms with Gasteiger partial charge in [-0.05, 0) is 61.4 Å². The van der Waals surface area contributed by atoms with Gasteiger partial charge in [0.2, 0.25) is 6.79 Å². The Bertz CT molecular complexity index is 1010. The number of benzene rings is 2. The number of nitriles is 1. The molecule has 2 aromatic carbocycles. The van der Waals surface area contributed by atoms with Crippen LogP contribution in [0.3, 0.4) is 0 Å². The van der Waals surface area contributed by atoms with Crippen molar-refractivity contribution in [2.75, 3.05) is 12.1 Å². The lowest BCUT2D eigenvalue weighted by Crippen LogP contribution is -2.28. The number of carbonyl (C=O) groups is 1. The molecule has 1 atom stereocenters. The molecule has 1 heterocycles. The number of anilines is 1. The predicted octanol–water partition coefficient (Wildman–Crippen LogP) is 3.99. The number of nitrogens with zero attached hydrogens (tertiary/aromatic N) is 1. The van der Waals surface area contributed by atoms with Gasteiger partial charge >= 0.3 is 0 Å². The van der Waals surface area contributed by atoms with Gasteiger partial charge in [-0.25, -0.2) is 0 Å². The first-order chi connectivity index (χ1) is 14.1. The van der Waals surface area contributed by atoms with E-state index in [1.165, 1.54) is 30.2 Å². The SMILES string of the molecule is CC(NC(=O)/C(C#N)=C\Nc1ccc2c(c1)OCO2)c1ccc2c(c1)CCCC2. The number of aryl methyl sites for hydroxylation is 2. The molecule has 0 spiro atoms. The molecule has 0 saturated carbocycles. The van der Waals surface area contributed by atoms with E-state index in [0.29, 0.717) is 17.2 Å². The Balaban J connectivity index is 1.42. The van der Waals surface area contributed by atoms with Gasteiger partial charge in [-0.15, -0.1) is 0 Å². The molecule has 148 valence electrons. The molecule has 2 aliphatic rings. The van der Waals surface area contributed by atoms with E-state index in [1.54, 1.807) is 18.2 Å². The fourth-order valence-corrected chi connectivity index (χ4v) is 3.67. The van der Waals surface area contributed by atoms with E-state index < -0.39 is 5.91 Å². The summed E-state index contributed by atoms with van der Waals surface area (Å²) in [5.74, 6) is 0.898. The van der Waals surface area contributed by atoms with Crippen LogP contribution in [0.4, 0.5) is 5.69 Å². The molecule has 0 bridgehead atoms. The molecule has 29 heavy (non-hydrogen) atoms. The van der Waals surface area contributed by atoms with Gasteiger partial charge in [0.1, 0.15) is 11.6 Å². The molecule has 0 fully saturated rings. The minimum atomic E-state index is -0.411. The molecule has 0 saturated heterocycles. The van der Waals surface area contributed by atoms with Gasteiger partial charge in [0.25, 0.3) is 5.91 Å². The highest BCUT2D eigenvalue weighted by Gasteiger charge is 2.17. The molecule has 0 radical (unpaired) electrons. The summed E-state index contributed by atoms with van der Waals surface area (Å²) in [6.07, 6.45) is 6.08. The Labute approximate surface area is 170 Å². The Morgan fingerprint density at radius 2 is 1.90 bits per heavy atom. The second kappa shape index (κ2) is 8.27. The van der Waals surface area contributed by atoms with Crippen LogP contribution in [-0.4, -0.2) is 12.7 Å². The maximum atomic E-state index is 12.6. The number of hydrogen-bond donors (Lipinski definition) is 2. The fraction of sp³-hybridized carbons (Fsp3) is 0.304. The minimum Gasteiger partial charge on any atom is -0.454 e. The van der Waals surface area contributed by atoms with Crippen LogP contribution in [0.5, 0.6) is 11.5 Å². The molecule has 1 aliphatic carbocycles. The zero-order chi connectivity index (χ0) is 20.2. The molecule has 6 nitrogen and oxygen atoms in total. The van der Waals surface area contributed by atoms with Crippen molar-refractivity contribution in [1.82, 2.24) is 5.32 Å². The van der Waals surface area contributed by atoms with Gasteiger partial charge in [0.15, 0.2) is 11.5 Å². The molecular formula is C23H23N3O3. The normalized spacial score (nSPS) is 15.8. The first-order valence-electron chi connectivity index (χ1n) is 9.83. The second-order valence-electron chi connectivity index (χ2n) is 7.31. The van der Waals surface area contributed by atoms with Crippen LogP contribution >= 0.6 is 0 Å². The number of fused-ring (bicyclic) bond motifs is 2. The standard InChI is InChI=1S/C23H23N3O3/c1-15(17-7-6-16-4-2-3-5-18(16)10-17)26-23(27)19(12-24)13-25-20-8-9-21-22(11-20)29-14-28-21/h6-11,13,15,25H,2-5,14H2,1H3,(H,26,27)/b19-13-. The zero-order valence-electron chi connectivity index (χ0n) is 16.3. The van der Waals surface area contributed by atoms with Crippen LogP contribution in [0.25, 0.3) is 0 Å². The second-order valence-corrected chi connectivity index (χ2v) is 7.31. The summed E-state index contributed by atoms with van der Waals surface area (Å²) >= 11 is 0. The van der Waals surface area contributed by atoms with Crippen molar-refractivity contribution in [3.63, 3.8) is 0 Å². The predicted molar refractivity (Wildman–Crippen MR) is 110 cm³/mol. The molecule has 1 aliphatic heterocycles. The average Bonchev–Trinajstić information content (AvgIpc) is 3.21. The van der Waals surface area contributed by atoms with E-state index >= 15 is 0 Å². The summed E-state index contributed by atoms with van der Waals surface area (Å²) < 4.78 is 10.6. The van der Waals surface area contributed by atoms with Crippen molar-refractivity contribution in [3.05, 3.63) is 64.9 Å². The first kappa shape index (κ1) is 18.9. The molecule has 2 aromatic rings. The lowest BCUT2D eigenvalue weighted by molar-refractivity contribution is -0.117. The van der Waals surface area contributed by atoms with Gasteiger partial charge < -0.3 is 20.1 Å². The fourth-order valence-electron chi connectivity index (χ4n) is 3.67. The van der Waals surface area contributed by atoms with E-state index in [0.717, 1.165) is 18.4 Å². The van der Waals surface area contributed by atoms with Gasteiger partial charge in [-0.1, -0.05) is 18.2 Å². The van der Waals surface area contributed by atoms with E-state index in [2.05, 4.69) is 28.8 Å². The lowest BCUT2D eigenvalue weighted by atomic mass is 9.89. The molecule has 0 aromatic heterocycles. The number of hydrogen-bond acceptors (Lipinski definition) is 5. The molecule has 2 N–H and O–H groups in total. The van der Waals surface area contributed by atoms with Crippen LogP contribution in [0, 0.1) is 11.3 Å². The van der Waals surface area contributed by atoms with Crippen LogP contribution in [0.15, 0.2) is 48.2 Å². The average molecular weight is 389 g/mol. The first-order valence-corrected chi connectivity index (χ1v) is 9.83. The van der Waals surface area contributed by atoms with Gasteiger partial charge in [-0.2, -0.15) is 5.26 Å². The lowest BCUT2D eigenvalue weighted by Gasteiger charge is -2.20. The summed E-state index contributed by atoms with van der Waals surface area (Å²) in [7, 11) is 0. The highest BCUT2D eigenvalue weighted by molar-refractivity contribution is 5.97. The third-order valence-electron chi connectivity index (χ3n) is 5.34. The summed E-state index contributed by atoms with van der Waals surface area (Å²) in [5.41, 5.74) is 4.55. The monoisotopic (exact) mass is 389 g/mol. The number of ether oxygens (including phenoxy) is 2. The topological polar surface area (TPSA) is 83.4 Å². The van der Waals surface area contributed by atoms with Crippen molar-refractivity contribution < 1.29 is 14.3 Å². The maximum absolute atomic E-state index is 12.6. The molecule has 6 heteroatoms. The van der Waals surface area contributed by atoms with Crippen molar-refractivity contribution in [2.45, 2.75) is 38.6 Å². The van der Waals surface area contributed by atoms with Gasteiger partial charge in [0.05, 0.1) is 6.04 Å². The Morgan fingerprint density at radius 1 is 1.10 bits per heavy atom. The van der Waals surface area contributed by atoms with Gasteiger partial charge in [0, 0.05) is 18.0 Å². The van der Waals surface area contributed by atoms with E-state index in [1.807, 2.05) is 13.0 Å². The van der Waals surface area contributed by atoms with Crippen molar-refractivity contribution in [3.8, 4) is 17.6 Å². The summed E-state index contributed by atoms with van der Waals surface area (Å²) in [6.45, 7) is 2.13. The van der Waals surface area contributed by atoms with Crippen molar-refractivity contribution >= 4 is 11.6 Å². The van der Waals surface area contributed by atoms with Gasteiger partial charge in [-0.3, -0.25) is 4.79 Å². The third kappa shape index (κ3) is 4.19. The number of rotatable bonds is 5. The Morgan fingerprint density at radius 3 is 2.72 bits per heavy atom. The Hall–Kier alpha value is -3.46. The maximum Gasteiger partial charge on any atom is 0.263 e. The minimum absolute atomic E-state index is 0.00692. The molecule has 4 rings (SSSR count). The van der Waals surface area contributed by atoms with Crippen LogP contribution in [0.2, 0.25) is 0 Å². The summed E-state index contributed by atoms with van der Waals surface area (Å²) in [6, 6.07) is 13.5. The van der Waals surface area contributed by atoms with Crippen molar-refractivity contribution in [1.29, 1.82) is 5.26 Å². The smallest absolute Gasteiger partial charge is 0.263 e. The number of amides is 1. The molecule has 1 amide bonds. The Kier molecular flexibility index (Phi) is 5.39.